The zero-order valence-electron chi connectivity index (χ0n) is 8.62. The maximum absolute atomic E-state index is 10.4. The Morgan fingerprint density at radius 1 is 1.50 bits per heavy atom. The molecule has 5 heteroatoms. The van der Waals surface area contributed by atoms with Crippen molar-refractivity contribution in [3.8, 4) is 0 Å². The minimum absolute atomic E-state index is 0. The van der Waals surface area contributed by atoms with Gasteiger partial charge in [0.05, 0.1) is 4.95 Å². The number of carboxylic acid groups (broad SMARTS) is 1. The Balaban J connectivity index is 0. The van der Waals surface area contributed by atoms with E-state index in [-0.39, 0.29) is 21.9 Å². The predicted molar refractivity (Wildman–Crippen MR) is 67.5 cm³/mol. The van der Waals surface area contributed by atoms with Crippen LogP contribution in [0, 0.1) is 5.92 Å². The molecule has 0 rings (SSSR count). The van der Waals surface area contributed by atoms with Crippen molar-refractivity contribution >= 4 is 39.0 Å². The summed E-state index contributed by atoms with van der Waals surface area (Å²) in [5.74, 6) is 0.399. The number of nitrogens with one attached hydrogen (secondary N) is 1. The van der Waals surface area contributed by atoms with Crippen LogP contribution in [0.4, 0.5) is 4.79 Å². The molecule has 0 aliphatic rings. The molecule has 0 heterocycles. The molecule has 0 aliphatic carbocycles. The van der Waals surface area contributed by atoms with E-state index in [0.29, 0.717) is 5.92 Å². The summed E-state index contributed by atoms with van der Waals surface area (Å²) in [5, 5.41) is 10.9. The summed E-state index contributed by atoms with van der Waals surface area (Å²) in [6, 6.07) is 0. The molecule has 0 saturated carbocycles. The lowest BCUT2D eigenvalue weighted by molar-refractivity contribution is 0.190. The summed E-state index contributed by atoms with van der Waals surface area (Å²) in [6.07, 6.45) is 3.42. The molecule has 0 aliphatic heterocycles. The van der Waals surface area contributed by atoms with Gasteiger partial charge in [-0.25, -0.2) is 4.79 Å². The van der Waals surface area contributed by atoms with Crippen molar-refractivity contribution in [2.24, 2.45) is 5.92 Å². The Morgan fingerprint density at radius 2 is 2.07 bits per heavy atom. The number of unbranched alkanes of at least 4 members (excludes halogenated alkanes) is 1. The fourth-order valence-corrected chi connectivity index (χ4v) is 2.09. The van der Waals surface area contributed by atoms with Gasteiger partial charge >= 0.3 is 6.09 Å². The molecule has 0 saturated heterocycles. The van der Waals surface area contributed by atoms with Crippen molar-refractivity contribution in [3.05, 3.63) is 0 Å². The molecule has 3 nitrogen and oxygen atoms in total. The Bertz CT molecular complexity index is 156. The van der Waals surface area contributed by atoms with Crippen molar-refractivity contribution in [2.45, 2.75) is 44.5 Å². The van der Waals surface area contributed by atoms with E-state index in [1.807, 2.05) is 0 Å². The summed E-state index contributed by atoms with van der Waals surface area (Å²) in [4.78, 5) is 10.3. The molecular formula is C9H19Br2NO2. The van der Waals surface area contributed by atoms with Crippen LogP contribution in [0.5, 0.6) is 0 Å². The van der Waals surface area contributed by atoms with E-state index in [0.717, 1.165) is 25.7 Å². The van der Waals surface area contributed by atoms with Crippen LogP contribution >= 0.6 is 32.9 Å². The van der Waals surface area contributed by atoms with E-state index in [2.05, 4.69) is 35.1 Å². The maximum atomic E-state index is 10.4. The smallest absolute Gasteiger partial charge is 0.405 e. The fraction of sp³-hybridized carbons (Fsp3) is 0.889. The molecule has 0 fully saturated rings. The van der Waals surface area contributed by atoms with Gasteiger partial charge in [0.25, 0.3) is 0 Å². The number of hydrogen-bond donors (Lipinski definition) is 2. The van der Waals surface area contributed by atoms with Crippen molar-refractivity contribution in [1.29, 1.82) is 0 Å². The van der Waals surface area contributed by atoms with E-state index < -0.39 is 6.09 Å². The minimum Gasteiger partial charge on any atom is -0.465 e. The van der Waals surface area contributed by atoms with E-state index in [4.69, 9.17) is 5.11 Å². The molecule has 0 aromatic rings. The van der Waals surface area contributed by atoms with Crippen LogP contribution < -0.4 is 5.32 Å². The van der Waals surface area contributed by atoms with E-state index in [1.165, 1.54) is 0 Å². The molecule has 14 heavy (non-hydrogen) atoms. The summed E-state index contributed by atoms with van der Waals surface area (Å²) in [6.45, 7) is 4.22. The van der Waals surface area contributed by atoms with Gasteiger partial charge in [0.1, 0.15) is 0 Å². The van der Waals surface area contributed by atoms with Gasteiger partial charge < -0.3 is 10.4 Å². The average Bonchev–Trinajstić information content (AvgIpc) is 2.04. The van der Waals surface area contributed by atoms with Crippen molar-refractivity contribution in [1.82, 2.24) is 5.32 Å². The first-order valence-corrected chi connectivity index (χ1v) is 5.66. The number of hydrogen-bond acceptors (Lipinski definition) is 1. The van der Waals surface area contributed by atoms with Crippen LogP contribution in [0.3, 0.4) is 0 Å². The third-order valence-electron chi connectivity index (χ3n) is 2.13. The third-order valence-corrected chi connectivity index (χ3v) is 3.10. The van der Waals surface area contributed by atoms with Gasteiger partial charge in [-0.1, -0.05) is 49.0 Å². The second-order valence-electron chi connectivity index (χ2n) is 3.16. The highest BCUT2D eigenvalue weighted by Gasteiger charge is 2.17. The van der Waals surface area contributed by atoms with E-state index >= 15 is 0 Å². The third kappa shape index (κ3) is 7.62. The van der Waals surface area contributed by atoms with Crippen LogP contribution in [-0.2, 0) is 0 Å². The van der Waals surface area contributed by atoms with Gasteiger partial charge in [0, 0.05) is 0 Å². The monoisotopic (exact) mass is 331 g/mol. The standard InChI is InChI=1S/C9H18BrNO2.BrH/c1-3-5-6-7(4-2)8(10)11-9(12)13;/h7-8,11H,3-6H2,1-2H3,(H,12,13);1H. The number of rotatable bonds is 6. The lowest BCUT2D eigenvalue weighted by Crippen LogP contribution is -2.34. The highest BCUT2D eigenvalue weighted by Crippen LogP contribution is 2.20. The average molecular weight is 333 g/mol. The van der Waals surface area contributed by atoms with Gasteiger partial charge in [0.2, 0.25) is 0 Å². The van der Waals surface area contributed by atoms with Crippen LogP contribution in [0.15, 0.2) is 0 Å². The summed E-state index contributed by atoms with van der Waals surface area (Å²) in [5.41, 5.74) is 0. The second kappa shape index (κ2) is 9.77. The number of amides is 1. The van der Waals surface area contributed by atoms with Crippen molar-refractivity contribution in [3.63, 3.8) is 0 Å². The highest BCUT2D eigenvalue weighted by molar-refractivity contribution is 9.09. The van der Waals surface area contributed by atoms with Crippen molar-refractivity contribution in [2.75, 3.05) is 0 Å². The molecule has 2 atom stereocenters. The van der Waals surface area contributed by atoms with Crippen LogP contribution in [0.2, 0.25) is 0 Å². The molecule has 2 N–H and O–H groups in total. The minimum atomic E-state index is -0.961. The number of halogens is 2. The molecule has 0 bridgehead atoms. The Morgan fingerprint density at radius 3 is 2.43 bits per heavy atom. The molecule has 0 aromatic carbocycles. The van der Waals surface area contributed by atoms with Crippen LogP contribution in [0.25, 0.3) is 0 Å². The lowest BCUT2D eigenvalue weighted by atomic mass is 9.99. The van der Waals surface area contributed by atoms with Gasteiger partial charge in [-0.3, -0.25) is 0 Å². The maximum Gasteiger partial charge on any atom is 0.405 e. The molecule has 2 unspecified atom stereocenters. The highest BCUT2D eigenvalue weighted by atomic mass is 79.9. The first kappa shape index (κ1) is 16.7. The first-order valence-electron chi connectivity index (χ1n) is 4.75. The predicted octanol–water partition coefficient (Wildman–Crippen LogP) is 3.77. The normalized spacial score (nSPS) is 13.9. The zero-order chi connectivity index (χ0) is 10.3. The molecule has 0 radical (unpaired) electrons. The lowest BCUT2D eigenvalue weighted by Gasteiger charge is -2.20. The molecular weight excluding hydrogens is 314 g/mol. The van der Waals surface area contributed by atoms with E-state index in [9.17, 15) is 4.79 Å². The number of alkyl halides is 1. The Hall–Kier alpha value is 0.230. The summed E-state index contributed by atoms with van der Waals surface area (Å²) in [7, 11) is 0. The SMILES string of the molecule is Br.CCCCC(CC)C(Br)NC(=O)O. The summed E-state index contributed by atoms with van der Waals surface area (Å²) >= 11 is 3.34. The topological polar surface area (TPSA) is 49.3 Å². The van der Waals surface area contributed by atoms with Gasteiger partial charge in [-0.2, -0.15) is 0 Å². The molecule has 0 spiro atoms. The first-order chi connectivity index (χ1) is 6.11. The molecule has 0 aromatic heterocycles. The fourth-order valence-electron chi connectivity index (χ4n) is 1.26. The Labute approximate surface area is 105 Å². The van der Waals surface area contributed by atoms with Gasteiger partial charge in [-0.15, -0.1) is 17.0 Å². The summed E-state index contributed by atoms with van der Waals surface area (Å²) < 4.78 is 0. The van der Waals surface area contributed by atoms with E-state index in [1.54, 1.807) is 0 Å². The van der Waals surface area contributed by atoms with Gasteiger partial charge in [0.15, 0.2) is 0 Å². The van der Waals surface area contributed by atoms with Crippen LogP contribution in [0.1, 0.15) is 39.5 Å². The second-order valence-corrected chi connectivity index (χ2v) is 4.15. The zero-order valence-corrected chi connectivity index (χ0v) is 11.9. The molecule has 86 valence electrons. The largest absolute Gasteiger partial charge is 0.465 e. The van der Waals surface area contributed by atoms with Crippen molar-refractivity contribution < 1.29 is 9.90 Å². The van der Waals surface area contributed by atoms with Crippen LogP contribution in [-0.4, -0.2) is 16.2 Å². The van der Waals surface area contributed by atoms with Gasteiger partial charge in [-0.05, 0) is 12.3 Å². The Kier molecular flexibility index (Phi) is 11.6. The molecule has 1 amide bonds. The number of carbonyl (C=O) groups is 1. The quantitative estimate of drug-likeness (QED) is 0.574.